The molecule has 7 rings (SSSR count). The van der Waals surface area contributed by atoms with Crippen molar-refractivity contribution >= 4 is 21.8 Å². The highest BCUT2D eigenvalue weighted by Crippen LogP contribution is 2.34. The molecule has 6 aromatic rings. The molecule has 188 valence electrons. The Morgan fingerprint density at radius 1 is 0.816 bits per heavy atom. The van der Waals surface area contributed by atoms with Gasteiger partial charge < -0.3 is 10.3 Å². The summed E-state index contributed by atoms with van der Waals surface area (Å²) in [6.07, 6.45) is 13.0. The van der Waals surface area contributed by atoms with Crippen LogP contribution in [0, 0.1) is 5.92 Å². The van der Waals surface area contributed by atoms with Gasteiger partial charge in [0.05, 0.1) is 22.6 Å². The zero-order valence-electron chi connectivity index (χ0n) is 21.1. The van der Waals surface area contributed by atoms with Gasteiger partial charge in [0.1, 0.15) is 5.69 Å². The number of hydrogen-bond acceptors (Lipinski definition) is 5. The van der Waals surface area contributed by atoms with E-state index >= 15 is 0 Å². The minimum Gasteiger partial charge on any atom is -0.353 e. The maximum absolute atomic E-state index is 4.68. The largest absolute Gasteiger partial charge is 0.353 e. The molecule has 1 fully saturated rings. The molecule has 7 nitrogen and oxygen atoms in total. The zero-order valence-corrected chi connectivity index (χ0v) is 21.1. The fraction of sp³-hybridized carbons (Fsp3) is 0.226. The third-order valence-electron chi connectivity index (χ3n) is 7.64. The molecule has 3 N–H and O–H groups in total. The summed E-state index contributed by atoms with van der Waals surface area (Å²) in [7, 11) is 0. The van der Waals surface area contributed by atoms with Crippen molar-refractivity contribution in [3.05, 3.63) is 84.9 Å². The van der Waals surface area contributed by atoms with E-state index in [1.54, 1.807) is 6.20 Å². The molecule has 0 bridgehead atoms. The number of hydrogen-bond donors (Lipinski definition) is 3. The summed E-state index contributed by atoms with van der Waals surface area (Å²) in [5, 5.41) is 13.6. The third-order valence-corrected chi connectivity index (χ3v) is 7.64. The Bertz CT molecular complexity index is 1710. The molecule has 0 amide bonds. The van der Waals surface area contributed by atoms with E-state index in [9.17, 15) is 0 Å². The molecule has 0 atom stereocenters. The topological polar surface area (TPSA) is 95.2 Å². The second kappa shape index (κ2) is 9.84. The van der Waals surface area contributed by atoms with Crippen LogP contribution in [0.2, 0.25) is 0 Å². The van der Waals surface area contributed by atoms with Gasteiger partial charge in [-0.2, -0.15) is 5.10 Å². The molecule has 0 saturated heterocycles. The van der Waals surface area contributed by atoms with E-state index in [1.165, 1.54) is 31.2 Å². The Kier molecular flexibility index (Phi) is 5.90. The second-order valence-corrected chi connectivity index (χ2v) is 10.2. The fourth-order valence-corrected chi connectivity index (χ4v) is 5.66. The molecule has 1 aliphatic carbocycles. The number of fused-ring (bicyclic) bond motifs is 2. The van der Waals surface area contributed by atoms with Crippen LogP contribution < -0.4 is 5.32 Å². The van der Waals surface area contributed by atoms with E-state index in [4.69, 9.17) is 0 Å². The molecule has 0 spiro atoms. The molecular weight excluding hydrogens is 470 g/mol. The summed E-state index contributed by atoms with van der Waals surface area (Å²) in [6, 6.07) is 18.6. The Morgan fingerprint density at radius 2 is 1.74 bits per heavy atom. The Labute approximate surface area is 220 Å². The van der Waals surface area contributed by atoms with E-state index in [0.29, 0.717) is 0 Å². The first kappa shape index (κ1) is 22.8. The normalized spacial score (nSPS) is 14.1. The minimum atomic E-state index is 0.827. The molecule has 5 heterocycles. The number of nitrogens with zero attached hydrogens (tertiary/aromatic N) is 4. The van der Waals surface area contributed by atoms with E-state index in [2.05, 4.69) is 65.8 Å². The molecule has 7 heteroatoms. The van der Waals surface area contributed by atoms with Gasteiger partial charge in [-0.3, -0.25) is 20.1 Å². The van der Waals surface area contributed by atoms with Gasteiger partial charge in [0.25, 0.3) is 0 Å². The molecule has 0 aliphatic heterocycles. The number of pyridine rings is 3. The van der Waals surface area contributed by atoms with Crippen molar-refractivity contribution in [3.63, 3.8) is 0 Å². The fourth-order valence-electron chi connectivity index (χ4n) is 5.66. The van der Waals surface area contributed by atoms with Gasteiger partial charge in [0.2, 0.25) is 0 Å². The molecule has 0 radical (unpaired) electrons. The predicted octanol–water partition coefficient (Wildman–Crippen LogP) is 6.51. The maximum atomic E-state index is 4.68. The van der Waals surface area contributed by atoms with Gasteiger partial charge >= 0.3 is 0 Å². The van der Waals surface area contributed by atoms with Crippen LogP contribution in [0.1, 0.15) is 31.2 Å². The van der Waals surface area contributed by atoms with Crippen molar-refractivity contribution in [2.24, 2.45) is 5.92 Å². The summed E-state index contributed by atoms with van der Waals surface area (Å²) >= 11 is 0. The number of aromatic nitrogens is 6. The van der Waals surface area contributed by atoms with Gasteiger partial charge in [-0.15, -0.1) is 0 Å². The lowest BCUT2D eigenvalue weighted by atomic mass is 10.0. The summed E-state index contributed by atoms with van der Waals surface area (Å²) < 4.78 is 0. The molecule has 38 heavy (non-hydrogen) atoms. The molecule has 5 aromatic heterocycles. The summed E-state index contributed by atoms with van der Waals surface area (Å²) in [4.78, 5) is 17.2. The second-order valence-electron chi connectivity index (χ2n) is 10.2. The van der Waals surface area contributed by atoms with E-state index < -0.39 is 0 Å². The lowest BCUT2D eigenvalue weighted by Gasteiger charge is -2.11. The zero-order chi connectivity index (χ0) is 25.3. The van der Waals surface area contributed by atoms with E-state index in [-0.39, 0.29) is 0 Å². The smallest absolute Gasteiger partial charge is 0.116 e. The van der Waals surface area contributed by atoms with Crippen LogP contribution in [-0.4, -0.2) is 36.7 Å². The van der Waals surface area contributed by atoms with Crippen LogP contribution in [0.15, 0.2) is 79.4 Å². The van der Waals surface area contributed by atoms with Crippen molar-refractivity contribution in [2.75, 3.05) is 6.54 Å². The number of H-pyrrole nitrogens is 2. The SMILES string of the molecule is c1ccc(-c2nccc3[nH]c(-c4n[nH]c5ccc(-c6cncc(CNCC7CCCC7)c6)cc45)cc23)nc1. The first-order valence-corrected chi connectivity index (χ1v) is 13.3. The number of rotatable bonds is 7. The third kappa shape index (κ3) is 4.35. The number of benzene rings is 1. The van der Waals surface area contributed by atoms with Crippen LogP contribution in [-0.2, 0) is 6.54 Å². The van der Waals surface area contributed by atoms with Gasteiger partial charge in [-0.1, -0.05) is 25.0 Å². The van der Waals surface area contributed by atoms with Crippen LogP contribution >= 0.6 is 0 Å². The Morgan fingerprint density at radius 3 is 2.63 bits per heavy atom. The first-order chi connectivity index (χ1) is 18.8. The van der Waals surface area contributed by atoms with Crippen LogP contribution in [0.3, 0.4) is 0 Å². The van der Waals surface area contributed by atoms with Crippen molar-refractivity contribution in [1.29, 1.82) is 0 Å². The monoisotopic (exact) mass is 499 g/mol. The molecular formula is C31H29N7. The van der Waals surface area contributed by atoms with Gasteiger partial charge in [0.15, 0.2) is 0 Å². The first-order valence-electron chi connectivity index (χ1n) is 13.3. The van der Waals surface area contributed by atoms with Gasteiger partial charge in [-0.25, -0.2) is 0 Å². The Balaban J connectivity index is 1.20. The average Bonchev–Trinajstić information content (AvgIpc) is 3.73. The molecule has 1 aromatic carbocycles. The number of nitrogens with one attached hydrogen (secondary N) is 3. The quantitative estimate of drug-likeness (QED) is 0.233. The summed E-state index contributed by atoms with van der Waals surface area (Å²) in [5.41, 5.74) is 8.97. The Hall–Kier alpha value is -4.36. The maximum Gasteiger partial charge on any atom is 0.116 e. The minimum absolute atomic E-state index is 0.827. The van der Waals surface area contributed by atoms with Crippen LogP contribution in [0.25, 0.3) is 55.7 Å². The predicted molar refractivity (Wildman–Crippen MR) is 151 cm³/mol. The van der Waals surface area contributed by atoms with Crippen LogP contribution in [0.5, 0.6) is 0 Å². The van der Waals surface area contributed by atoms with Crippen molar-refractivity contribution in [2.45, 2.75) is 32.2 Å². The number of aromatic amines is 2. The highest BCUT2D eigenvalue weighted by molar-refractivity contribution is 6.00. The standard InChI is InChI=1S/C31H29N7/c1-2-6-20(5-1)16-32-17-21-13-23(19-33-18-21)22-8-9-27-24(14-22)31(38-37-27)29-15-25-26(36-29)10-12-35-30(25)28-7-3-4-11-34-28/h3-4,7-15,18-20,32,36H,1-2,5-6,16-17H2,(H,37,38). The lowest BCUT2D eigenvalue weighted by Crippen LogP contribution is -2.20. The average molecular weight is 500 g/mol. The van der Waals surface area contributed by atoms with E-state index in [0.717, 1.165) is 74.7 Å². The summed E-state index contributed by atoms with van der Waals surface area (Å²) in [5.74, 6) is 0.827. The van der Waals surface area contributed by atoms with Crippen molar-refractivity contribution in [3.8, 4) is 33.9 Å². The highest BCUT2D eigenvalue weighted by atomic mass is 15.1. The van der Waals surface area contributed by atoms with E-state index in [1.807, 2.05) is 42.9 Å². The molecule has 1 saturated carbocycles. The molecule has 1 aliphatic rings. The van der Waals surface area contributed by atoms with Gasteiger partial charge in [-0.05, 0) is 78.9 Å². The molecule has 0 unspecified atom stereocenters. The lowest BCUT2D eigenvalue weighted by molar-refractivity contribution is 0.489. The van der Waals surface area contributed by atoms with Crippen molar-refractivity contribution in [1.82, 2.24) is 35.5 Å². The van der Waals surface area contributed by atoms with Crippen molar-refractivity contribution < 1.29 is 0 Å². The highest BCUT2D eigenvalue weighted by Gasteiger charge is 2.16. The summed E-state index contributed by atoms with van der Waals surface area (Å²) in [6.45, 7) is 1.94. The van der Waals surface area contributed by atoms with Crippen LogP contribution in [0.4, 0.5) is 0 Å². The van der Waals surface area contributed by atoms with Gasteiger partial charge in [0, 0.05) is 53.2 Å².